The van der Waals surface area contributed by atoms with Gasteiger partial charge in [0.25, 0.3) is 11.0 Å². The molecule has 2 aromatic carbocycles. The first-order valence-corrected chi connectivity index (χ1v) is 12.5. The first-order valence-electron chi connectivity index (χ1n) is 9.94. The Balaban J connectivity index is 1.46. The molecule has 1 aliphatic heterocycles. The first kappa shape index (κ1) is 24.3. The van der Waals surface area contributed by atoms with E-state index in [0.717, 1.165) is 22.9 Å². The van der Waals surface area contributed by atoms with Crippen molar-refractivity contribution in [3.8, 4) is 0 Å². The highest BCUT2D eigenvalue weighted by Gasteiger charge is 2.32. The zero-order valence-corrected chi connectivity index (χ0v) is 19.4. The highest BCUT2D eigenvalue weighted by molar-refractivity contribution is 8.15. The van der Waals surface area contributed by atoms with Crippen molar-refractivity contribution < 1.29 is 27.2 Å². The van der Waals surface area contributed by atoms with Crippen LogP contribution in [0.25, 0.3) is 0 Å². The van der Waals surface area contributed by atoms with Gasteiger partial charge in [-0.25, -0.2) is 22.9 Å². The summed E-state index contributed by atoms with van der Waals surface area (Å²) in [4.78, 5) is 44.8. The van der Waals surface area contributed by atoms with Crippen molar-refractivity contribution in [1.82, 2.24) is 14.9 Å². The predicted molar refractivity (Wildman–Crippen MR) is 126 cm³/mol. The predicted octanol–water partition coefficient (Wildman–Crippen LogP) is 1.99. The summed E-state index contributed by atoms with van der Waals surface area (Å²) >= 11 is 0.876. The minimum Gasteiger partial charge on any atom is -0.338 e. The molecule has 1 saturated heterocycles. The number of primary sulfonamides is 1. The number of halogens is 1. The molecular weight excluding hydrogens is 499 g/mol. The van der Waals surface area contributed by atoms with Gasteiger partial charge in [0.15, 0.2) is 11.6 Å². The molecule has 4 N–H and O–H groups in total. The smallest absolute Gasteiger partial charge is 0.308 e. The van der Waals surface area contributed by atoms with Gasteiger partial charge in [0.1, 0.15) is 0 Å². The number of nitrogens with zero attached hydrogens (tertiary/aromatic N) is 3. The van der Waals surface area contributed by atoms with Crippen molar-refractivity contribution in [3.63, 3.8) is 0 Å². The molecule has 2 amide bonds. The summed E-state index contributed by atoms with van der Waals surface area (Å²) in [5, 5.41) is 10.0. The lowest BCUT2D eigenvalue weighted by Crippen LogP contribution is -2.45. The summed E-state index contributed by atoms with van der Waals surface area (Å²) in [6, 6.07) is 11.4. The van der Waals surface area contributed by atoms with Crippen LogP contribution >= 0.6 is 11.8 Å². The number of sulfonamides is 1. The number of nitrogens with one attached hydrogen (secondary N) is 2. The van der Waals surface area contributed by atoms with Crippen molar-refractivity contribution in [3.05, 3.63) is 66.1 Å². The van der Waals surface area contributed by atoms with Crippen LogP contribution in [0.3, 0.4) is 0 Å². The Morgan fingerprint density at radius 3 is 2.31 bits per heavy atom. The fraction of sp³-hybridized carbons (Fsp3) is 0.0952. The zero-order chi connectivity index (χ0) is 25.2. The molecule has 4 rings (SSSR count). The molecule has 14 heteroatoms. The van der Waals surface area contributed by atoms with E-state index in [2.05, 4.69) is 20.6 Å². The molecule has 0 radical (unpaired) electrons. The second-order valence-electron chi connectivity index (χ2n) is 7.18. The maximum atomic E-state index is 14.3. The van der Waals surface area contributed by atoms with Crippen molar-refractivity contribution in [1.29, 1.82) is 0 Å². The molecular formula is C21H17FN6O5S2. The van der Waals surface area contributed by atoms with Crippen LogP contribution < -0.4 is 15.8 Å². The van der Waals surface area contributed by atoms with Crippen LogP contribution in [-0.4, -0.2) is 52.5 Å². The van der Waals surface area contributed by atoms with Gasteiger partial charge in [0.2, 0.25) is 16.0 Å². The number of hydrogen-bond donors (Lipinski definition) is 3. The average Bonchev–Trinajstić information content (AvgIpc) is 2.83. The Labute approximate surface area is 203 Å². The first-order chi connectivity index (χ1) is 16.6. The van der Waals surface area contributed by atoms with E-state index in [1.165, 1.54) is 48.5 Å². The highest BCUT2D eigenvalue weighted by atomic mass is 32.2. The molecule has 1 aliphatic rings. The van der Waals surface area contributed by atoms with E-state index in [-0.39, 0.29) is 28.8 Å². The third-order valence-electron chi connectivity index (χ3n) is 4.79. The topological polar surface area (TPSA) is 164 Å². The van der Waals surface area contributed by atoms with Gasteiger partial charge in [-0.2, -0.15) is 4.98 Å². The Hall–Kier alpha value is -3.88. The van der Waals surface area contributed by atoms with Crippen molar-refractivity contribution in [2.45, 2.75) is 4.90 Å². The van der Waals surface area contributed by atoms with Crippen LogP contribution in [0.1, 0.15) is 10.4 Å². The number of aromatic nitrogens is 2. The van der Waals surface area contributed by atoms with Crippen molar-refractivity contribution >= 4 is 61.9 Å². The number of thioether (sulfide) groups is 1. The molecule has 1 aromatic heterocycles. The van der Waals surface area contributed by atoms with E-state index >= 15 is 0 Å². The number of carbonyl (C=O) groups is 3. The van der Waals surface area contributed by atoms with Crippen LogP contribution in [-0.2, 0) is 19.6 Å². The number of rotatable bonds is 6. The number of nitrogens with two attached hydrogens (primary N) is 1. The quantitative estimate of drug-likeness (QED) is 0.326. The lowest BCUT2D eigenvalue weighted by Gasteiger charge is -2.23. The van der Waals surface area contributed by atoms with Crippen LogP contribution in [0.15, 0.2) is 59.6 Å². The molecule has 0 atom stereocenters. The molecule has 2 heterocycles. The van der Waals surface area contributed by atoms with E-state index in [0.29, 0.717) is 17.1 Å². The Morgan fingerprint density at radius 1 is 1.03 bits per heavy atom. The minimum absolute atomic E-state index is 0.0372. The average molecular weight is 517 g/mol. The number of benzene rings is 2. The lowest BCUT2D eigenvalue weighted by molar-refractivity contribution is -0.138. The van der Waals surface area contributed by atoms with Gasteiger partial charge in [-0.3, -0.25) is 19.3 Å². The van der Waals surface area contributed by atoms with E-state index in [9.17, 15) is 27.2 Å². The highest BCUT2D eigenvalue weighted by Crippen LogP contribution is 2.22. The van der Waals surface area contributed by atoms with Gasteiger partial charge >= 0.3 is 5.91 Å². The number of imide groups is 1. The summed E-state index contributed by atoms with van der Waals surface area (Å²) in [6.07, 6.45) is 0.950. The maximum absolute atomic E-state index is 14.3. The van der Waals surface area contributed by atoms with Gasteiger partial charge in [0, 0.05) is 29.2 Å². The monoisotopic (exact) mass is 516 g/mol. The number of carbonyl (C=O) groups excluding carboxylic acids is 3. The van der Waals surface area contributed by atoms with Crippen LogP contribution in [0.5, 0.6) is 0 Å². The van der Waals surface area contributed by atoms with Crippen LogP contribution in [0.4, 0.5) is 27.5 Å². The van der Waals surface area contributed by atoms with E-state index in [1.807, 2.05) is 0 Å². The minimum atomic E-state index is -3.83. The summed E-state index contributed by atoms with van der Waals surface area (Å²) in [5.74, 6) is -1.96. The standard InChI is InChI=1S/C21H17FN6O5S2/c22-16-11-24-21(26-14-5-7-15(8-6-14)35(23,32)33)27-17(16)25-13-3-1-12(2-4-13)18(29)28-9-10-34-20(31)19(28)30/h1-8,11H,9-10H2,(H2,23,32,33)(H2,24,25,26,27). The van der Waals surface area contributed by atoms with Gasteiger partial charge in [-0.1, -0.05) is 11.8 Å². The number of amides is 2. The largest absolute Gasteiger partial charge is 0.338 e. The summed E-state index contributed by atoms with van der Waals surface area (Å²) in [5.41, 5.74) is 1.04. The van der Waals surface area contributed by atoms with E-state index < -0.39 is 32.8 Å². The SMILES string of the molecule is NS(=O)(=O)c1ccc(Nc2ncc(F)c(Nc3ccc(C(=O)N4CCSC(=O)C4=O)cc3)n2)cc1. The van der Waals surface area contributed by atoms with Gasteiger partial charge in [-0.15, -0.1) is 0 Å². The second kappa shape index (κ2) is 9.77. The normalized spacial score (nSPS) is 14.1. The molecule has 0 bridgehead atoms. The molecule has 0 saturated carbocycles. The Morgan fingerprint density at radius 2 is 1.66 bits per heavy atom. The van der Waals surface area contributed by atoms with Gasteiger partial charge in [0.05, 0.1) is 11.1 Å². The molecule has 3 aromatic rings. The van der Waals surface area contributed by atoms with Crippen molar-refractivity contribution in [2.75, 3.05) is 22.9 Å². The molecule has 11 nitrogen and oxygen atoms in total. The fourth-order valence-corrected chi connectivity index (χ4v) is 4.27. The van der Waals surface area contributed by atoms with Crippen molar-refractivity contribution in [2.24, 2.45) is 5.14 Å². The van der Waals surface area contributed by atoms with Crippen LogP contribution in [0.2, 0.25) is 0 Å². The van der Waals surface area contributed by atoms with Crippen LogP contribution in [0, 0.1) is 5.82 Å². The number of hydrogen-bond acceptors (Lipinski definition) is 10. The Bertz CT molecular complexity index is 1420. The molecule has 180 valence electrons. The van der Waals surface area contributed by atoms with E-state index in [1.54, 1.807) is 0 Å². The number of anilines is 4. The van der Waals surface area contributed by atoms with E-state index in [4.69, 9.17) is 5.14 Å². The summed E-state index contributed by atoms with van der Waals surface area (Å²) in [6.45, 7) is 0.140. The summed E-state index contributed by atoms with van der Waals surface area (Å²) in [7, 11) is -3.83. The Kier molecular flexibility index (Phi) is 6.77. The van der Waals surface area contributed by atoms with Gasteiger partial charge in [-0.05, 0) is 48.5 Å². The third kappa shape index (κ3) is 5.62. The zero-order valence-electron chi connectivity index (χ0n) is 17.8. The maximum Gasteiger partial charge on any atom is 0.308 e. The molecule has 35 heavy (non-hydrogen) atoms. The fourth-order valence-electron chi connectivity index (χ4n) is 3.06. The second-order valence-corrected chi connectivity index (χ2v) is 9.81. The molecule has 0 spiro atoms. The third-order valence-corrected chi connectivity index (χ3v) is 6.54. The molecule has 0 unspecified atom stereocenters. The summed E-state index contributed by atoms with van der Waals surface area (Å²) < 4.78 is 37.0. The molecule has 0 aliphatic carbocycles. The lowest BCUT2D eigenvalue weighted by atomic mass is 10.1. The van der Waals surface area contributed by atoms with Gasteiger partial charge < -0.3 is 10.6 Å². The molecule has 1 fully saturated rings.